The average Bonchev–Trinajstić information content (AvgIpc) is 2.90. The number of thiophene rings is 1. The fourth-order valence-electron chi connectivity index (χ4n) is 1.69. The molecule has 19 heavy (non-hydrogen) atoms. The number of sulfonamides is 1. The molecule has 102 valence electrons. The Labute approximate surface area is 118 Å². The zero-order valence-electron chi connectivity index (χ0n) is 11.0. The first-order valence-electron chi connectivity index (χ1n) is 6.11. The third-order valence-electron chi connectivity index (χ3n) is 2.87. The van der Waals surface area contributed by atoms with E-state index in [9.17, 15) is 8.42 Å². The summed E-state index contributed by atoms with van der Waals surface area (Å²) in [5, 5.41) is 1.93. The van der Waals surface area contributed by atoms with Gasteiger partial charge in [0, 0.05) is 11.4 Å². The molecular formula is C14H17NO2S2. The number of rotatable bonds is 5. The van der Waals surface area contributed by atoms with Crippen molar-refractivity contribution in [2.24, 2.45) is 0 Å². The molecule has 1 aromatic heterocycles. The van der Waals surface area contributed by atoms with Crippen molar-refractivity contribution in [1.82, 2.24) is 4.72 Å². The molecule has 1 N–H and O–H groups in total. The number of benzene rings is 1. The third-order valence-corrected chi connectivity index (χ3v) is 5.17. The predicted octanol–water partition coefficient (Wildman–Crippen LogP) is 3.35. The summed E-state index contributed by atoms with van der Waals surface area (Å²) in [5.41, 5.74) is 1.14. The van der Waals surface area contributed by atoms with Gasteiger partial charge in [-0.1, -0.05) is 32.0 Å². The van der Waals surface area contributed by atoms with Crippen LogP contribution in [0.3, 0.4) is 0 Å². The SMILES string of the molecule is CC(C)c1ccc(S(=O)(=O)NCc2cccs2)cc1. The topological polar surface area (TPSA) is 46.2 Å². The summed E-state index contributed by atoms with van der Waals surface area (Å²) in [6, 6.07) is 10.9. The van der Waals surface area contributed by atoms with Crippen LogP contribution in [0.1, 0.15) is 30.2 Å². The molecule has 0 saturated carbocycles. The molecule has 0 spiro atoms. The van der Waals surface area contributed by atoms with E-state index in [1.165, 1.54) is 11.3 Å². The van der Waals surface area contributed by atoms with E-state index in [0.29, 0.717) is 17.4 Å². The molecule has 2 aromatic rings. The molecule has 0 saturated heterocycles. The molecule has 0 atom stereocenters. The summed E-state index contributed by atoms with van der Waals surface area (Å²) >= 11 is 1.54. The van der Waals surface area contributed by atoms with Gasteiger partial charge < -0.3 is 0 Å². The lowest BCUT2D eigenvalue weighted by atomic mass is 10.0. The van der Waals surface area contributed by atoms with E-state index in [4.69, 9.17) is 0 Å². The van der Waals surface area contributed by atoms with E-state index in [-0.39, 0.29) is 0 Å². The Morgan fingerprint density at radius 1 is 1.16 bits per heavy atom. The monoisotopic (exact) mass is 295 g/mol. The van der Waals surface area contributed by atoms with Crippen molar-refractivity contribution in [1.29, 1.82) is 0 Å². The van der Waals surface area contributed by atoms with E-state index < -0.39 is 10.0 Å². The lowest BCUT2D eigenvalue weighted by molar-refractivity contribution is 0.581. The van der Waals surface area contributed by atoms with Crippen LogP contribution >= 0.6 is 11.3 Å². The molecule has 0 aliphatic rings. The van der Waals surface area contributed by atoms with Crippen molar-refractivity contribution < 1.29 is 8.42 Å². The maximum atomic E-state index is 12.1. The molecule has 3 nitrogen and oxygen atoms in total. The zero-order chi connectivity index (χ0) is 13.9. The number of nitrogens with one attached hydrogen (secondary N) is 1. The second kappa shape index (κ2) is 5.86. The molecule has 0 aliphatic carbocycles. The lowest BCUT2D eigenvalue weighted by Crippen LogP contribution is -2.22. The van der Waals surface area contributed by atoms with Crippen LogP contribution in [0.4, 0.5) is 0 Å². The standard InChI is InChI=1S/C14H17NO2S2/c1-11(2)12-5-7-14(8-6-12)19(16,17)15-10-13-4-3-9-18-13/h3-9,11,15H,10H2,1-2H3. The highest BCUT2D eigenvalue weighted by Gasteiger charge is 2.14. The first-order chi connectivity index (χ1) is 8.99. The van der Waals surface area contributed by atoms with Crippen LogP contribution in [0, 0.1) is 0 Å². The van der Waals surface area contributed by atoms with Crippen LogP contribution in [0.15, 0.2) is 46.7 Å². The molecular weight excluding hydrogens is 278 g/mol. The zero-order valence-corrected chi connectivity index (χ0v) is 12.6. The Kier molecular flexibility index (Phi) is 4.39. The van der Waals surface area contributed by atoms with Gasteiger partial charge in [-0.2, -0.15) is 0 Å². The summed E-state index contributed by atoms with van der Waals surface area (Å²) < 4.78 is 26.8. The Bertz CT molecular complexity index is 614. The normalized spacial score (nSPS) is 11.9. The first-order valence-corrected chi connectivity index (χ1v) is 8.47. The molecule has 0 bridgehead atoms. The van der Waals surface area contributed by atoms with Crippen LogP contribution in [0.25, 0.3) is 0 Å². The maximum Gasteiger partial charge on any atom is 0.240 e. The lowest BCUT2D eigenvalue weighted by Gasteiger charge is -2.08. The van der Waals surface area contributed by atoms with Crippen LogP contribution in [-0.2, 0) is 16.6 Å². The molecule has 1 heterocycles. The highest BCUT2D eigenvalue weighted by atomic mass is 32.2. The van der Waals surface area contributed by atoms with Crippen molar-refractivity contribution in [3.8, 4) is 0 Å². The number of hydrogen-bond donors (Lipinski definition) is 1. The molecule has 0 fully saturated rings. The van der Waals surface area contributed by atoms with Gasteiger partial charge in [0.2, 0.25) is 10.0 Å². The predicted molar refractivity (Wildman–Crippen MR) is 78.9 cm³/mol. The Hall–Kier alpha value is -1.17. The molecule has 0 unspecified atom stereocenters. The second-order valence-corrected chi connectivity index (χ2v) is 7.43. The quantitative estimate of drug-likeness (QED) is 0.919. The maximum absolute atomic E-state index is 12.1. The second-order valence-electron chi connectivity index (χ2n) is 4.63. The molecule has 0 amide bonds. The van der Waals surface area contributed by atoms with Crippen molar-refractivity contribution in [2.45, 2.75) is 31.2 Å². The molecule has 2 rings (SSSR count). The van der Waals surface area contributed by atoms with Gasteiger partial charge in [-0.3, -0.25) is 0 Å². The van der Waals surface area contributed by atoms with Crippen LogP contribution in [-0.4, -0.2) is 8.42 Å². The summed E-state index contributed by atoms with van der Waals surface area (Å²) in [6.45, 7) is 4.50. The number of hydrogen-bond acceptors (Lipinski definition) is 3. The molecule has 0 radical (unpaired) electrons. The van der Waals surface area contributed by atoms with Gasteiger partial charge in [0.25, 0.3) is 0 Å². The van der Waals surface area contributed by atoms with E-state index in [0.717, 1.165) is 10.4 Å². The van der Waals surface area contributed by atoms with E-state index in [1.807, 2.05) is 29.6 Å². The van der Waals surface area contributed by atoms with E-state index in [2.05, 4.69) is 18.6 Å². The van der Waals surface area contributed by atoms with Crippen LogP contribution in [0.2, 0.25) is 0 Å². The summed E-state index contributed by atoms with van der Waals surface area (Å²) in [6.07, 6.45) is 0. The molecule has 5 heteroatoms. The van der Waals surface area contributed by atoms with Crippen molar-refractivity contribution >= 4 is 21.4 Å². The van der Waals surface area contributed by atoms with Gasteiger partial charge in [0.05, 0.1) is 4.90 Å². The van der Waals surface area contributed by atoms with Crippen molar-refractivity contribution in [2.75, 3.05) is 0 Å². The van der Waals surface area contributed by atoms with Gasteiger partial charge >= 0.3 is 0 Å². The van der Waals surface area contributed by atoms with Gasteiger partial charge in [-0.05, 0) is 35.1 Å². The van der Waals surface area contributed by atoms with Crippen LogP contribution in [0.5, 0.6) is 0 Å². The summed E-state index contributed by atoms with van der Waals surface area (Å²) in [4.78, 5) is 1.32. The highest BCUT2D eigenvalue weighted by Crippen LogP contribution is 2.17. The Morgan fingerprint density at radius 2 is 1.84 bits per heavy atom. The average molecular weight is 295 g/mol. The molecule has 0 aliphatic heterocycles. The van der Waals surface area contributed by atoms with Gasteiger partial charge in [-0.15, -0.1) is 11.3 Å². The van der Waals surface area contributed by atoms with Gasteiger partial charge in [0.15, 0.2) is 0 Å². The fourth-order valence-corrected chi connectivity index (χ4v) is 3.44. The highest BCUT2D eigenvalue weighted by molar-refractivity contribution is 7.89. The van der Waals surface area contributed by atoms with Crippen molar-refractivity contribution in [3.63, 3.8) is 0 Å². The fraction of sp³-hybridized carbons (Fsp3) is 0.286. The minimum atomic E-state index is -3.42. The summed E-state index contributed by atoms with van der Waals surface area (Å²) in [5.74, 6) is 0.399. The largest absolute Gasteiger partial charge is 0.240 e. The minimum Gasteiger partial charge on any atom is -0.207 e. The Morgan fingerprint density at radius 3 is 2.37 bits per heavy atom. The summed E-state index contributed by atoms with van der Waals surface area (Å²) in [7, 11) is -3.42. The van der Waals surface area contributed by atoms with E-state index in [1.54, 1.807) is 12.1 Å². The van der Waals surface area contributed by atoms with Crippen molar-refractivity contribution in [3.05, 3.63) is 52.2 Å². The Balaban J connectivity index is 2.10. The smallest absolute Gasteiger partial charge is 0.207 e. The minimum absolute atomic E-state index is 0.313. The van der Waals surface area contributed by atoms with E-state index >= 15 is 0 Å². The first kappa shape index (κ1) is 14.2. The van der Waals surface area contributed by atoms with Crippen LogP contribution < -0.4 is 4.72 Å². The van der Waals surface area contributed by atoms with Gasteiger partial charge in [0.1, 0.15) is 0 Å². The molecule has 1 aromatic carbocycles. The van der Waals surface area contributed by atoms with Gasteiger partial charge in [-0.25, -0.2) is 13.1 Å². The third kappa shape index (κ3) is 3.65.